The van der Waals surface area contributed by atoms with Crippen molar-refractivity contribution in [1.29, 1.82) is 0 Å². The number of ether oxygens (including phenoxy) is 1. The Bertz CT molecular complexity index is 861. The molecule has 1 aromatic carbocycles. The smallest absolute Gasteiger partial charge is 0.249 e. The third-order valence-corrected chi connectivity index (χ3v) is 7.91. The van der Waals surface area contributed by atoms with Crippen LogP contribution in [0.2, 0.25) is 4.34 Å². The Morgan fingerprint density at radius 1 is 1.34 bits per heavy atom. The Kier molecular flexibility index (Phi) is 6.69. The van der Waals surface area contributed by atoms with Crippen LogP contribution in [0.25, 0.3) is 0 Å². The van der Waals surface area contributed by atoms with Gasteiger partial charge in [-0.3, -0.25) is 4.79 Å². The van der Waals surface area contributed by atoms with Gasteiger partial charge in [0.25, 0.3) is 0 Å². The van der Waals surface area contributed by atoms with E-state index in [4.69, 9.17) is 16.3 Å². The first kappa shape index (κ1) is 21.0. The Hall–Kier alpha value is -1.28. The number of halogens is 2. The Labute approximate surface area is 184 Å². The molecule has 2 fully saturated rings. The van der Waals surface area contributed by atoms with Crippen molar-refractivity contribution in [1.82, 2.24) is 4.90 Å². The van der Waals surface area contributed by atoms with Crippen LogP contribution in [0.3, 0.4) is 0 Å². The highest BCUT2D eigenvalue weighted by molar-refractivity contribution is 8.01. The van der Waals surface area contributed by atoms with Gasteiger partial charge in [0.1, 0.15) is 12.4 Å². The zero-order valence-corrected chi connectivity index (χ0v) is 18.6. The van der Waals surface area contributed by atoms with Crippen LogP contribution >= 0.6 is 34.9 Å². The maximum absolute atomic E-state index is 14.6. The molecule has 0 N–H and O–H groups in total. The summed E-state index contributed by atoms with van der Waals surface area (Å²) in [6, 6.07) is 10.5. The number of hydrogen-bond acceptors (Lipinski definition) is 5. The predicted octanol–water partition coefficient (Wildman–Crippen LogP) is 5.54. The van der Waals surface area contributed by atoms with Crippen molar-refractivity contribution in [3.05, 3.63) is 51.4 Å². The monoisotopic (exact) mass is 454 g/mol. The second-order valence-corrected chi connectivity index (χ2v) is 10.4. The van der Waals surface area contributed by atoms with Gasteiger partial charge >= 0.3 is 0 Å². The molecule has 0 bridgehead atoms. The topological polar surface area (TPSA) is 32.8 Å². The van der Waals surface area contributed by atoms with Gasteiger partial charge in [-0.15, -0.1) is 11.3 Å². The number of hydrogen-bond donors (Lipinski definition) is 0. The molecule has 0 unspecified atom stereocenters. The van der Waals surface area contributed by atoms with Crippen LogP contribution in [0.5, 0.6) is 0 Å². The molecule has 2 heterocycles. The molecule has 2 atom stereocenters. The zero-order valence-electron chi connectivity index (χ0n) is 16.2. The van der Waals surface area contributed by atoms with Gasteiger partial charge in [0.05, 0.1) is 35.3 Å². The van der Waals surface area contributed by atoms with Crippen LogP contribution in [-0.2, 0) is 9.53 Å². The lowest BCUT2D eigenvalue weighted by atomic mass is 10.1. The second-order valence-electron chi connectivity index (χ2n) is 7.35. The Morgan fingerprint density at radius 2 is 2.14 bits per heavy atom. The first-order valence-corrected chi connectivity index (χ1v) is 11.9. The molecule has 0 spiro atoms. The van der Waals surface area contributed by atoms with Crippen LogP contribution < -0.4 is 4.31 Å². The third-order valence-electron chi connectivity index (χ3n) is 5.21. The molecular formula is C21H24ClFN2O2S2. The zero-order chi connectivity index (χ0) is 20.4. The van der Waals surface area contributed by atoms with Crippen LogP contribution in [0, 0.1) is 5.82 Å². The number of nitrogens with zero attached hydrogens (tertiary/aromatic N) is 2. The van der Waals surface area contributed by atoms with Crippen molar-refractivity contribution in [3.63, 3.8) is 0 Å². The van der Waals surface area contributed by atoms with E-state index in [9.17, 15) is 9.18 Å². The summed E-state index contributed by atoms with van der Waals surface area (Å²) < 4.78 is 22.9. The molecule has 2 aromatic rings. The van der Waals surface area contributed by atoms with E-state index in [1.165, 1.54) is 17.4 Å². The average molecular weight is 455 g/mol. The fraction of sp³-hybridized carbons (Fsp3) is 0.476. The molecule has 29 heavy (non-hydrogen) atoms. The quantitative estimate of drug-likeness (QED) is 0.490. The van der Waals surface area contributed by atoms with Crippen LogP contribution in [0.15, 0.2) is 36.4 Å². The van der Waals surface area contributed by atoms with Crippen LogP contribution in [0.4, 0.5) is 10.1 Å². The van der Waals surface area contributed by atoms with Gasteiger partial charge < -0.3 is 13.9 Å². The molecule has 1 amide bonds. The summed E-state index contributed by atoms with van der Waals surface area (Å²) in [5, 5.41) is 0.527. The van der Waals surface area contributed by atoms with Crippen molar-refractivity contribution in [3.8, 4) is 0 Å². The lowest BCUT2D eigenvalue weighted by Gasteiger charge is -2.42. The fourth-order valence-corrected chi connectivity index (χ4v) is 5.95. The summed E-state index contributed by atoms with van der Waals surface area (Å²) in [4.78, 5) is 15.8. The number of morpholine rings is 1. The number of thiophene rings is 1. The van der Waals surface area contributed by atoms with E-state index in [0.717, 1.165) is 24.1 Å². The molecule has 1 aromatic heterocycles. The van der Waals surface area contributed by atoms with Gasteiger partial charge in [-0.05, 0) is 55.5 Å². The molecule has 156 valence electrons. The molecule has 4 rings (SSSR count). The minimum absolute atomic E-state index is 0.0254. The minimum atomic E-state index is -0.231. The van der Waals surface area contributed by atoms with Gasteiger partial charge in [-0.2, -0.15) is 0 Å². The van der Waals surface area contributed by atoms with Crippen molar-refractivity contribution < 1.29 is 13.9 Å². The summed E-state index contributed by atoms with van der Waals surface area (Å²) in [5.74, 6) is -0.257. The second kappa shape index (κ2) is 9.25. The number of para-hydroxylation sites is 1. The third kappa shape index (κ3) is 4.90. The maximum atomic E-state index is 14.6. The number of rotatable bonds is 8. The van der Waals surface area contributed by atoms with Crippen molar-refractivity contribution in [2.75, 3.05) is 24.1 Å². The molecule has 8 heteroatoms. The van der Waals surface area contributed by atoms with E-state index >= 15 is 0 Å². The van der Waals surface area contributed by atoms with Crippen molar-refractivity contribution in [2.45, 2.75) is 43.5 Å². The van der Waals surface area contributed by atoms with E-state index < -0.39 is 0 Å². The summed E-state index contributed by atoms with van der Waals surface area (Å²) in [6.45, 7) is 3.18. The van der Waals surface area contributed by atoms with Gasteiger partial charge in [-0.1, -0.05) is 30.7 Å². The summed E-state index contributed by atoms with van der Waals surface area (Å²) in [5.41, 5.74) is 0.583. The largest absolute Gasteiger partial charge is 0.369 e. The van der Waals surface area contributed by atoms with Crippen LogP contribution in [-0.4, -0.2) is 41.9 Å². The van der Waals surface area contributed by atoms with Crippen molar-refractivity contribution >= 4 is 46.5 Å². The first-order chi connectivity index (χ1) is 14.1. The maximum Gasteiger partial charge on any atom is 0.249 e. The summed E-state index contributed by atoms with van der Waals surface area (Å²) in [6.07, 6.45) is 3.08. The number of benzene rings is 1. The first-order valence-electron chi connectivity index (χ1n) is 9.89. The van der Waals surface area contributed by atoms with Gasteiger partial charge in [-0.25, -0.2) is 4.39 Å². The lowest BCUT2D eigenvalue weighted by Crippen LogP contribution is -2.52. The number of anilines is 1. The van der Waals surface area contributed by atoms with E-state index in [0.29, 0.717) is 28.4 Å². The van der Waals surface area contributed by atoms with E-state index in [1.807, 2.05) is 33.5 Å². The molecule has 2 aliphatic rings. The summed E-state index contributed by atoms with van der Waals surface area (Å²) >= 11 is 9.32. The number of amides is 1. The molecule has 1 saturated carbocycles. The van der Waals surface area contributed by atoms with E-state index in [2.05, 4.69) is 6.92 Å². The van der Waals surface area contributed by atoms with Gasteiger partial charge in [0, 0.05) is 10.1 Å². The normalized spacial score (nSPS) is 20.7. The van der Waals surface area contributed by atoms with Gasteiger partial charge in [0.15, 0.2) is 0 Å². The standard InChI is InChI=1S/C21H24ClFN2O2S2/c1-2-14(11-24(29-15-7-8-15)17-6-4-3-5-16(17)23)25-18(12-27-13-21(25)26)19-9-10-20(22)28-19/h3-6,9-10,14-15,18H,2,7-8,11-13H2,1H3/t14-,18-/m0/s1. The SMILES string of the molecule is CC[C@@H](CN(SC1CC1)c1ccccc1F)N1C(=O)COC[C@H]1c1ccc(Cl)s1. The molecule has 0 radical (unpaired) electrons. The van der Waals surface area contributed by atoms with Gasteiger partial charge in [0.2, 0.25) is 5.91 Å². The highest BCUT2D eigenvalue weighted by atomic mass is 35.5. The fourth-order valence-electron chi connectivity index (χ4n) is 3.58. The van der Waals surface area contributed by atoms with E-state index in [-0.39, 0.29) is 30.4 Å². The van der Waals surface area contributed by atoms with Crippen LogP contribution in [0.1, 0.15) is 37.1 Å². The number of carbonyl (C=O) groups is 1. The molecule has 1 aliphatic heterocycles. The number of carbonyl (C=O) groups excluding carboxylic acids is 1. The molecular weight excluding hydrogens is 431 g/mol. The summed E-state index contributed by atoms with van der Waals surface area (Å²) in [7, 11) is 0. The van der Waals surface area contributed by atoms with Crippen molar-refractivity contribution in [2.24, 2.45) is 0 Å². The highest BCUT2D eigenvalue weighted by Gasteiger charge is 2.37. The molecule has 1 saturated heterocycles. The highest BCUT2D eigenvalue weighted by Crippen LogP contribution is 2.41. The molecule has 4 nitrogen and oxygen atoms in total. The lowest BCUT2D eigenvalue weighted by molar-refractivity contribution is -0.152. The Balaban J connectivity index is 1.60. The predicted molar refractivity (Wildman–Crippen MR) is 118 cm³/mol. The Morgan fingerprint density at radius 3 is 2.79 bits per heavy atom. The van der Waals surface area contributed by atoms with E-state index in [1.54, 1.807) is 18.0 Å². The average Bonchev–Trinajstić information content (AvgIpc) is 3.43. The molecule has 1 aliphatic carbocycles. The minimum Gasteiger partial charge on any atom is -0.369 e.